The second-order valence-electron chi connectivity index (χ2n) is 5.32. The van der Waals surface area contributed by atoms with E-state index in [9.17, 15) is 13.2 Å². The maximum Gasteiger partial charge on any atom is 0.255 e. The van der Waals surface area contributed by atoms with Crippen molar-refractivity contribution >= 4 is 21.4 Å². The van der Waals surface area contributed by atoms with Crippen LogP contribution in [-0.4, -0.2) is 25.1 Å². The van der Waals surface area contributed by atoms with Gasteiger partial charge >= 0.3 is 0 Å². The average molecular weight is 356 g/mol. The van der Waals surface area contributed by atoms with Crippen LogP contribution in [-0.2, 0) is 9.84 Å². The lowest BCUT2D eigenvalue weighted by atomic mass is 10.1. The third kappa shape index (κ3) is 3.77. The van der Waals surface area contributed by atoms with Crippen LogP contribution in [0.15, 0.2) is 70.4 Å². The Morgan fingerprint density at radius 2 is 1.76 bits per heavy atom. The van der Waals surface area contributed by atoms with Crippen LogP contribution in [0, 0.1) is 0 Å². The molecule has 0 aliphatic heterocycles. The highest BCUT2D eigenvalue weighted by atomic mass is 32.2. The van der Waals surface area contributed by atoms with Gasteiger partial charge in [-0.1, -0.05) is 19.1 Å². The Morgan fingerprint density at radius 1 is 1.08 bits per heavy atom. The minimum Gasteiger partial charge on any atom is -0.444 e. The number of hydrogen-bond acceptors (Lipinski definition) is 5. The number of aromatic nitrogens is 1. The van der Waals surface area contributed by atoms with Gasteiger partial charge in [0.1, 0.15) is 0 Å². The van der Waals surface area contributed by atoms with Crippen LogP contribution >= 0.6 is 0 Å². The van der Waals surface area contributed by atoms with Crippen molar-refractivity contribution in [1.29, 1.82) is 0 Å². The van der Waals surface area contributed by atoms with E-state index in [0.29, 0.717) is 17.0 Å². The van der Waals surface area contributed by atoms with Crippen LogP contribution in [0.5, 0.6) is 0 Å². The van der Waals surface area contributed by atoms with Crippen LogP contribution in [0.25, 0.3) is 11.3 Å². The zero-order valence-corrected chi connectivity index (χ0v) is 14.3. The van der Waals surface area contributed by atoms with E-state index in [1.54, 1.807) is 49.5 Å². The predicted molar refractivity (Wildman–Crippen MR) is 94.1 cm³/mol. The van der Waals surface area contributed by atoms with Gasteiger partial charge in [-0.2, -0.15) is 0 Å². The first-order chi connectivity index (χ1) is 12.0. The van der Waals surface area contributed by atoms with Gasteiger partial charge in [-0.25, -0.2) is 13.4 Å². The van der Waals surface area contributed by atoms with Gasteiger partial charge in [-0.3, -0.25) is 4.79 Å². The lowest BCUT2D eigenvalue weighted by molar-refractivity contribution is 0.102. The maximum absolute atomic E-state index is 12.3. The number of nitrogens with one attached hydrogen (secondary N) is 1. The molecule has 0 aliphatic carbocycles. The molecule has 2 aromatic carbocycles. The molecule has 3 rings (SSSR count). The number of anilines is 1. The van der Waals surface area contributed by atoms with Crippen LogP contribution in [0.1, 0.15) is 17.3 Å². The van der Waals surface area contributed by atoms with Gasteiger partial charge in [0, 0.05) is 16.8 Å². The number of hydrogen-bond donors (Lipinski definition) is 1. The van der Waals surface area contributed by atoms with Crippen molar-refractivity contribution in [2.24, 2.45) is 0 Å². The van der Waals surface area contributed by atoms with E-state index in [0.717, 1.165) is 5.56 Å². The van der Waals surface area contributed by atoms with E-state index in [-0.39, 0.29) is 16.6 Å². The number of rotatable bonds is 5. The quantitative estimate of drug-likeness (QED) is 0.757. The highest BCUT2D eigenvalue weighted by Gasteiger charge is 2.12. The third-order valence-corrected chi connectivity index (χ3v) is 5.47. The zero-order valence-electron chi connectivity index (χ0n) is 13.5. The molecule has 1 N–H and O–H groups in total. The molecule has 6 nitrogen and oxygen atoms in total. The van der Waals surface area contributed by atoms with Crippen LogP contribution in [0.2, 0.25) is 0 Å². The highest BCUT2D eigenvalue weighted by Crippen LogP contribution is 2.20. The van der Waals surface area contributed by atoms with Gasteiger partial charge in [-0.05, 0) is 36.4 Å². The van der Waals surface area contributed by atoms with Crippen molar-refractivity contribution in [2.75, 3.05) is 11.1 Å². The fourth-order valence-corrected chi connectivity index (χ4v) is 3.14. The second kappa shape index (κ2) is 6.90. The second-order valence-corrected chi connectivity index (χ2v) is 7.60. The van der Waals surface area contributed by atoms with E-state index < -0.39 is 9.84 Å². The largest absolute Gasteiger partial charge is 0.444 e. The highest BCUT2D eigenvalue weighted by molar-refractivity contribution is 7.91. The molecule has 0 saturated carbocycles. The van der Waals surface area contributed by atoms with Crippen molar-refractivity contribution in [3.63, 3.8) is 0 Å². The van der Waals surface area contributed by atoms with Crippen molar-refractivity contribution < 1.29 is 17.6 Å². The molecule has 0 saturated heterocycles. The predicted octanol–water partition coefficient (Wildman–Crippen LogP) is 3.39. The molecule has 25 heavy (non-hydrogen) atoms. The number of carbonyl (C=O) groups is 1. The van der Waals surface area contributed by atoms with E-state index >= 15 is 0 Å². The summed E-state index contributed by atoms with van der Waals surface area (Å²) in [6, 6.07) is 13.0. The third-order valence-electron chi connectivity index (χ3n) is 3.72. The molecule has 0 radical (unpaired) electrons. The van der Waals surface area contributed by atoms with Crippen LogP contribution in [0.4, 0.5) is 5.69 Å². The molecular formula is C18H16N2O4S. The average Bonchev–Trinajstić information content (AvgIpc) is 3.17. The lowest BCUT2D eigenvalue weighted by Crippen LogP contribution is -2.12. The van der Waals surface area contributed by atoms with Gasteiger partial charge in [0.2, 0.25) is 0 Å². The Kier molecular flexibility index (Phi) is 4.67. The summed E-state index contributed by atoms with van der Waals surface area (Å²) in [7, 11) is -3.25. The molecule has 0 fully saturated rings. The Labute approximate surface area is 145 Å². The fourth-order valence-electron chi connectivity index (χ4n) is 2.26. The SMILES string of the molecule is CCS(=O)(=O)c1ccc(NC(=O)c2ccc(-c3cnco3)cc2)cc1. The molecule has 1 heterocycles. The normalized spacial score (nSPS) is 11.2. The molecule has 3 aromatic rings. The summed E-state index contributed by atoms with van der Waals surface area (Å²) in [4.78, 5) is 16.4. The van der Waals surface area contributed by atoms with Crippen molar-refractivity contribution in [2.45, 2.75) is 11.8 Å². The van der Waals surface area contributed by atoms with Gasteiger partial charge in [0.25, 0.3) is 5.91 Å². The van der Waals surface area contributed by atoms with Crippen molar-refractivity contribution in [3.8, 4) is 11.3 Å². The summed E-state index contributed by atoms with van der Waals surface area (Å²) in [6.07, 6.45) is 2.94. The van der Waals surface area contributed by atoms with Gasteiger partial charge in [0.15, 0.2) is 22.0 Å². The number of sulfone groups is 1. The topological polar surface area (TPSA) is 89.3 Å². The van der Waals surface area contributed by atoms with Gasteiger partial charge < -0.3 is 9.73 Å². The number of nitrogens with zero attached hydrogens (tertiary/aromatic N) is 1. The Morgan fingerprint density at radius 3 is 2.32 bits per heavy atom. The summed E-state index contributed by atoms with van der Waals surface area (Å²) in [5.74, 6) is 0.380. The minimum atomic E-state index is -3.25. The Bertz CT molecular complexity index is 961. The molecule has 0 spiro atoms. The van der Waals surface area contributed by atoms with Gasteiger partial charge in [-0.15, -0.1) is 0 Å². The monoisotopic (exact) mass is 356 g/mol. The summed E-state index contributed by atoms with van der Waals surface area (Å²) in [5.41, 5.74) is 1.83. The van der Waals surface area contributed by atoms with Crippen LogP contribution < -0.4 is 5.32 Å². The molecule has 0 atom stereocenters. The zero-order chi connectivity index (χ0) is 17.9. The Hall–Kier alpha value is -2.93. The van der Waals surface area contributed by atoms with Crippen molar-refractivity contribution in [1.82, 2.24) is 4.98 Å². The fraction of sp³-hybridized carbons (Fsp3) is 0.111. The molecule has 0 bridgehead atoms. The summed E-state index contributed by atoms with van der Waals surface area (Å²) < 4.78 is 28.8. The first-order valence-electron chi connectivity index (χ1n) is 7.62. The van der Waals surface area contributed by atoms with Crippen molar-refractivity contribution in [3.05, 3.63) is 66.7 Å². The molecular weight excluding hydrogens is 340 g/mol. The minimum absolute atomic E-state index is 0.0379. The number of oxazole rings is 1. The summed E-state index contributed by atoms with van der Waals surface area (Å²) in [5, 5.41) is 2.74. The molecule has 128 valence electrons. The van der Waals surface area contributed by atoms with E-state index in [2.05, 4.69) is 10.3 Å². The Balaban J connectivity index is 1.72. The molecule has 1 aromatic heterocycles. The first kappa shape index (κ1) is 16.9. The molecule has 0 unspecified atom stereocenters. The van der Waals surface area contributed by atoms with E-state index in [4.69, 9.17) is 4.42 Å². The van der Waals surface area contributed by atoms with E-state index in [1.165, 1.54) is 18.5 Å². The summed E-state index contributed by atoms with van der Waals surface area (Å²) in [6.45, 7) is 1.59. The molecule has 0 aliphatic rings. The first-order valence-corrected chi connectivity index (χ1v) is 9.28. The number of benzene rings is 2. The number of amides is 1. The van der Waals surface area contributed by atoms with E-state index in [1.807, 2.05) is 0 Å². The lowest BCUT2D eigenvalue weighted by Gasteiger charge is -2.07. The maximum atomic E-state index is 12.3. The molecule has 7 heteroatoms. The van der Waals surface area contributed by atoms with Gasteiger partial charge in [0.05, 0.1) is 16.8 Å². The standard InChI is InChI=1S/C18H16N2O4S/c1-2-25(22,23)16-9-7-15(8-10-16)20-18(21)14-5-3-13(4-6-14)17-11-19-12-24-17/h3-12H,2H2,1H3,(H,20,21). The number of carbonyl (C=O) groups excluding carboxylic acids is 1. The van der Waals surface area contributed by atoms with Crippen LogP contribution in [0.3, 0.4) is 0 Å². The molecule has 1 amide bonds. The summed E-state index contributed by atoms with van der Waals surface area (Å²) >= 11 is 0. The smallest absolute Gasteiger partial charge is 0.255 e.